The molecule has 0 bridgehead atoms. The number of carbonyl (C=O) groups is 1. The molecule has 0 saturated heterocycles. The molecule has 0 amide bonds. The van der Waals surface area contributed by atoms with Crippen LogP contribution < -0.4 is 0 Å². The van der Waals surface area contributed by atoms with Gasteiger partial charge in [-0.1, -0.05) is 35.9 Å². The molecule has 0 saturated carbocycles. The maximum absolute atomic E-state index is 10.8. The van der Waals surface area contributed by atoms with Crippen molar-refractivity contribution in [3.8, 4) is 0 Å². The minimum atomic E-state index is 0.617. The van der Waals surface area contributed by atoms with Crippen LogP contribution in [0.1, 0.15) is 18.9 Å². The Hall–Kier alpha value is -1.34. The Labute approximate surface area is 95.1 Å². The van der Waals surface area contributed by atoms with E-state index in [0.717, 1.165) is 23.0 Å². The minimum absolute atomic E-state index is 0.617. The van der Waals surface area contributed by atoms with Crippen molar-refractivity contribution in [2.45, 2.75) is 13.3 Å². The van der Waals surface area contributed by atoms with Crippen molar-refractivity contribution >= 4 is 24.0 Å². The van der Waals surface area contributed by atoms with E-state index in [0.29, 0.717) is 11.4 Å². The first kappa shape index (κ1) is 11.7. The molecule has 1 nitrogen and oxygen atoms in total. The molecule has 2 heteroatoms. The second-order valence-electron chi connectivity index (χ2n) is 3.52. The summed E-state index contributed by atoms with van der Waals surface area (Å²) in [6, 6.07) is 7.36. The Kier molecular flexibility index (Phi) is 4.32. The largest absolute Gasteiger partial charge is 0.298 e. The van der Waals surface area contributed by atoms with E-state index in [-0.39, 0.29) is 0 Å². The molecule has 0 aliphatic heterocycles. The zero-order chi connectivity index (χ0) is 11.3. The molecule has 0 heterocycles. The van der Waals surface area contributed by atoms with Crippen LogP contribution in [0, 0.1) is 0 Å². The van der Waals surface area contributed by atoms with Crippen LogP contribution in [-0.4, -0.2) is 6.29 Å². The fraction of sp³-hybridized carbons (Fsp3) is 0.154. The molecule has 78 valence electrons. The number of hydrogen-bond acceptors (Lipinski definition) is 1. The summed E-state index contributed by atoms with van der Waals surface area (Å²) in [5.74, 6) is 0. The van der Waals surface area contributed by atoms with Gasteiger partial charge in [0.15, 0.2) is 0 Å². The summed E-state index contributed by atoms with van der Waals surface area (Å²) in [6.07, 6.45) is 3.33. The highest BCUT2D eigenvalue weighted by Crippen LogP contribution is 2.14. The highest BCUT2D eigenvalue weighted by Gasteiger charge is 1.97. The van der Waals surface area contributed by atoms with Gasteiger partial charge in [0, 0.05) is 5.02 Å². The SMILES string of the molecule is C=C(C)CC(C=O)=Cc1ccc(Cl)cc1. The maximum Gasteiger partial charge on any atom is 0.146 e. The van der Waals surface area contributed by atoms with Crippen molar-refractivity contribution in [2.75, 3.05) is 0 Å². The normalized spacial score (nSPS) is 11.2. The molecule has 0 unspecified atom stereocenters. The average molecular weight is 221 g/mol. The van der Waals surface area contributed by atoms with Crippen molar-refractivity contribution in [3.63, 3.8) is 0 Å². The van der Waals surface area contributed by atoms with E-state index >= 15 is 0 Å². The van der Waals surface area contributed by atoms with Gasteiger partial charge in [-0.05, 0) is 42.7 Å². The molecule has 15 heavy (non-hydrogen) atoms. The average Bonchev–Trinajstić information content (AvgIpc) is 2.19. The van der Waals surface area contributed by atoms with Crippen molar-refractivity contribution in [2.24, 2.45) is 0 Å². The van der Waals surface area contributed by atoms with Crippen LogP contribution in [0.25, 0.3) is 6.08 Å². The molecular weight excluding hydrogens is 208 g/mol. The van der Waals surface area contributed by atoms with E-state index in [9.17, 15) is 4.79 Å². The summed E-state index contributed by atoms with van der Waals surface area (Å²) in [5, 5.41) is 0.694. The van der Waals surface area contributed by atoms with Crippen LogP contribution in [0.2, 0.25) is 5.02 Å². The standard InChI is InChI=1S/C13H13ClO/c1-10(2)7-12(9-15)8-11-3-5-13(14)6-4-11/h3-6,8-9H,1,7H2,2H3. The van der Waals surface area contributed by atoms with Gasteiger partial charge in [-0.25, -0.2) is 0 Å². The first-order chi connectivity index (χ1) is 7.11. The summed E-state index contributed by atoms with van der Waals surface area (Å²) in [4.78, 5) is 10.8. The zero-order valence-corrected chi connectivity index (χ0v) is 9.42. The molecular formula is C13H13ClO. The monoisotopic (exact) mass is 220 g/mol. The number of allylic oxidation sites excluding steroid dienone is 2. The van der Waals surface area contributed by atoms with Crippen LogP contribution in [0.3, 0.4) is 0 Å². The van der Waals surface area contributed by atoms with Crippen molar-refractivity contribution in [3.05, 3.63) is 52.6 Å². The number of aldehydes is 1. The Morgan fingerprint density at radius 1 is 1.40 bits per heavy atom. The quantitative estimate of drug-likeness (QED) is 0.428. The second-order valence-corrected chi connectivity index (χ2v) is 3.96. The summed E-state index contributed by atoms with van der Waals surface area (Å²) >= 11 is 5.76. The lowest BCUT2D eigenvalue weighted by Crippen LogP contribution is -1.86. The summed E-state index contributed by atoms with van der Waals surface area (Å²) in [6.45, 7) is 5.68. The first-order valence-corrected chi connectivity index (χ1v) is 5.05. The Bertz CT molecular complexity index is 388. The lowest BCUT2D eigenvalue weighted by Gasteiger charge is -1.99. The van der Waals surface area contributed by atoms with Crippen LogP contribution in [0.4, 0.5) is 0 Å². The molecule has 0 N–H and O–H groups in total. The maximum atomic E-state index is 10.8. The lowest BCUT2D eigenvalue weighted by atomic mass is 10.1. The predicted molar refractivity (Wildman–Crippen MR) is 64.9 cm³/mol. The number of benzene rings is 1. The molecule has 1 aromatic carbocycles. The van der Waals surface area contributed by atoms with Crippen LogP contribution >= 0.6 is 11.6 Å². The van der Waals surface area contributed by atoms with Crippen molar-refractivity contribution < 1.29 is 4.79 Å². The van der Waals surface area contributed by atoms with Crippen LogP contribution in [0.15, 0.2) is 42.0 Å². The van der Waals surface area contributed by atoms with E-state index in [1.807, 2.05) is 25.1 Å². The van der Waals surface area contributed by atoms with Crippen LogP contribution in [0.5, 0.6) is 0 Å². The molecule has 0 radical (unpaired) electrons. The van der Waals surface area contributed by atoms with Gasteiger partial charge in [-0.15, -0.1) is 0 Å². The molecule has 0 aliphatic rings. The van der Waals surface area contributed by atoms with E-state index in [1.165, 1.54) is 0 Å². The Balaban J connectivity index is 2.87. The van der Waals surface area contributed by atoms with Gasteiger partial charge in [-0.3, -0.25) is 4.79 Å². The van der Waals surface area contributed by atoms with Gasteiger partial charge in [0.2, 0.25) is 0 Å². The van der Waals surface area contributed by atoms with Gasteiger partial charge in [0.25, 0.3) is 0 Å². The summed E-state index contributed by atoms with van der Waals surface area (Å²) < 4.78 is 0. The van der Waals surface area contributed by atoms with E-state index in [2.05, 4.69) is 6.58 Å². The molecule has 0 fully saturated rings. The lowest BCUT2D eigenvalue weighted by molar-refractivity contribution is -0.104. The van der Waals surface area contributed by atoms with Crippen molar-refractivity contribution in [1.82, 2.24) is 0 Å². The van der Waals surface area contributed by atoms with Gasteiger partial charge in [0.05, 0.1) is 0 Å². The van der Waals surface area contributed by atoms with Gasteiger partial charge in [0.1, 0.15) is 6.29 Å². The highest BCUT2D eigenvalue weighted by atomic mass is 35.5. The third kappa shape index (κ3) is 4.13. The molecule has 0 spiro atoms. The minimum Gasteiger partial charge on any atom is -0.298 e. The fourth-order valence-electron chi connectivity index (χ4n) is 1.25. The highest BCUT2D eigenvalue weighted by molar-refractivity contribution is 6.30. The predicted octanol–water partition coefficient (Wildman–Crippen LogP) is 3.89. The molecule has 0 atom stereocenters. The Morgan fingerprint density at radius 2 is 2.00 bits per heavy atom. The van der Waals surface area contributed by atoms with Crippen LogP contribution in [-0.2, 0) is 4.79 Å². The first-order valence-electron chi connectivity index (χ1n) is 4.67. The Morgan fingerprint density at radius 3 is 2.47 bits per heavy atom. The summed E-state index contributed by atoms with van der Waals surface area (Å²) in [7, 11) is 0. The smallest absolute Gasteiger partial charge is 0.146 e. The topological polar surface area (TPSA) is 17.1 Å². The zero-order valence-electron chi connectivity index (χ0n) is 8.66. The van der Waals surface area contributed by atoms with E-state index in [1.54, 1.807) is 12.1 Å². The number of carbonyl (C=O) groups excluding carboxylic acids is 1. The molecule has 1 aromatic rings. The third-order valence-corrected chi connectivity index (χ3v) is 2.13. The van der Waals surface area contributed by atoms with E-state index < -0.39 is 0 Å². The molecule has 0 aliphatic carbocycles. The van der Waals surface area contributed by atoms with Gasteiger partial charge < -0.3 is 0 Å². The summed E-state index contributed by atoms with van der Waals surface area (Å²) in [5.41, 5.74) is 2.68. The fourth-order valence-corrected chi connectivity index (χ4v) is 1.37. The second kappa shape index (κ2) is 5.52. The van der Waals surface area contributed by atoms with Crippen molar-refractivity contribution in [1.29, 1.82) is 0 Å². The number of hydrogen-bond donors (Lipinski definition) is 0. The number of rotatable bonds is 4. The van der Waals surface area contributed by atoms with Gasteiger partial charge >= 0.3 is 0 Å². The van der Waals surface area contributed by atoms with Gasteiger partial charge in [-0.2, -0.15) is 0 Å². The molecule has 1 rings (SSSR count). The van der Waals surface area contributed by atoms with E-state index in [4.69, 9.17) is 11.6 Å². The third-order valence-electron chi connectivity index (χ3n) is 1.88. The molecule has 0 aromatic heterocycles. The number of halogens is 1.